The van der Waals surface area contributed by atoms with Gasteiger partial charge in [0.2, 0.25) is 0 Å². The molecule has 7 heteroatoms. The zero-order valence-corrected chi connectivity index (χ0v) is 11.4. The highest BCUT2D eigenvalue weighted by molar-refractivity contribution is 5.79. The summed E-state index contributed by atoms with van der Waals surface area (Å²) in [5.74, 6) is 0.572. The summed E-state index contributed by atoms with van der Waals surface area (Å²) >= 11 is 0. The van der Waals surface area contributed by atoms with Crippen LogP contribution in [0.5, 0.6) is 5.75 Å². The molecule has 1 saturated carbocycles. The number of ether oxygens (including phenoxy) is 1. The number of hydrogen-bond donors (Lipinski definition) is 1. The monoisotopic (exact) mass is 292 g/mol. The van der Waals surface area contributed by atoms with Crippen molar-refractivity contribution in [3.63, 3.8) is 0 Å². The molecule has 1 aromatic rings. The summed E-state index contributed by atoms with van der Waals surface area (Å²) in [4.78, 5) is 23.5. The van der Waals surface area contributed by atoms with E-state index in [-0.39, 0.29) is 18.2 Å². The third-order valence-electron chi connectivity index (χ3n) is 4.03. The van der Waals surface area contributed by atoms with Gasteiger partial charge in [-0.15, -0.1) is 0 Å². The Labute approximate surface area is 121 Å². The summed E-state index contributed by atoms with van der Waals surface area (Å²) in [7, 11) is 0. The van der Waals surface area contributed by atoms with Crippen LogP contribution in [0, 0.1) is 16.0 Å². The molecule has 21 heavy (non-hydrogen) atoms. The highest BCUT2D eigenvalue weighted by Gasteiger charge is 2.53. The topological polar surface area (TPSA) is 92.9 Å². The van der Waals surface area contributed by atoms with Crippen LogP contribution in [0.15, 0.2) is 24.3 Å². The maximum absolute atomic E-state index is 11.9. The van der Waals surface area contributed by atoms with Gasteiger partial charge in [0.1, 0.15) is 11.4 Å². The lowest BCUT2D eigenvalue weighted by Gasteiger charge is -2.46. The number of amides is 1. The van der Waals surface area contributed by atoms with Gasteiger partial charge in [0.15, 0.2) is 6.61 Å². The van der Waals surface area contributed by atoms with E-state index in [1.165, 1.54) is 24.3 Å². The smallest absolute Gasteiger partial charge is 0.269 e. The predicted octanol–water partition coefficient (Wildman–Crippen LogP) is 0.957. The van der Waals surface area contributed by atoms with Crippen molar-refractivity contribution in [3.05, 3.63) is 34.4 Å². The third kappa shape index (κ3) is 2.82. The minimum absolute atomic E-state index is 0.0223. The Balaban J connectivity index is 1.47. The molecule has 1 aliphatic heterocycles. The van der Waals surface area contributed by atoms with Crippen LogP contribution in [-0.2, 0) is 4.79 Å². The third-order valence-corrected chi connectivity index (χ3v) is 4.03. The largest absolute Gasteiger partial charge is 0.484 e. The van der Waals surface area contributed by atoms with Crippen LogP contribution in [0.2, 0.25) is 0 Å². The molecule has 1 aromatic carbocycles. The Kier molecular flexibility index (Phi) is 3.29. The van der Waals surface area contributed by atoms with Gasteiger partial charge < -0.3 is 14.7 Å². The molecule has 0 unspecified atom stereocenters. The van der Waals surface area contributed by atoms with E-state index < -0.39 is 10.5 Å². The van der Waals surface area contributed by atoms with E-state index in [1.807, 2.05) is 0 Å². The number of benzene rings is 1. The number of carbonyl (C=O) groups excluding carboxylic acids is 1. The van der Waals surface area contributed by atoms with E-state index in [0.717, 1.165) is 12.8 Å². The van der Waals surface area contributed by atoms with Gasteiger partial charge in [0, 0.05) is 12.1 Å². The number of likely N-dealkylation sites (tertiary alicyclic amines) is 1. The van der Waals surface area contributed by atoms with Crippen molar-refractivity contribution in [2.75, 3.05) is 19.7 Å². The van der Waals surface area contributed by atoms with Gasteiger partial charge in [0.25, 0.3) is 11.6 Å². The van der Waals surface area contributed by atoms with Gasteiger partial charge in [-0.05, 0) is 30.9 Å². The van der Waals surface area contributed by atoms with Gasteiger partial charge >= 0.3 is 0 Å². The Morgan fingerprint density at radius 2 is 2.00 bits per heavy atom. The molecular weight excluding hydrogens is 276 g/mol. The first-order valence-electron chi connectivity index (χ1n) is 6.85. The number of non-ortho nitro benzene ring substituents is 1. The lowest BCUT2D eigenvalue weighted by Crippen LogP contribution is -2.65. The first-order chi connectivity index (χ1) is 9.98. The molecule has 7 nitrogen and oxygen atoms in total. The average molecular weight is 292 g/mol. The number of rotatable bonds is 5. The number of aliphatic hydroxyl groups is 1. The summed E-state index contributed by atoms with van der Waals surface area (Å²) in [5.41, 5.74) is -0.714. The predicted molar refractivity (Wildman–Crippen MR) is 72.8 cm³/mol. The molecule has 1 aliphatic carbocycles. The number of nitro groups is 1. The summed E-state index contributed by atoms with van der Waals surface area (Å²) in [6, 6.07) is 5.58. The van der Waals surface area contributed by atoms with Crippen LogP contribution in [0.3, 0.4) is 0 Å². The van der Waals surface area contributed by atoms with E-state index in [1.54, 1.807) is 4.90 Å². The van der Waals surface area contributed by atoms with Crippen molar-refractivity contribution < 1.29 is 19.6 Å². The number of β-amino-alcohol motifs (C(OH)–C–C–N with tert-alkyl or cyclic N) is 1. The summed E-state index contributed by atoms with van der Waals surface area (Å²) in [6.45, 7) is 0.624. The van der Waals surface area contributed by atoms with E-state index in [4.69, 9.17) is 4.74 Å². The van der Waals surface area contributed by atoms with Crippen molar-refractivity contribution in [3.8, 4) is 5.75 Å². The van der Waals surface area contributed by atoms with Crippen molar-refractivity contribution in [1.82, 2.24) is 4.90 Å². The molecule has 2 aliphatic rings. The summed E-state index contributed by atoms with van der Waals surface area (Å²) < 4.78 is 5.31. The van der Waals surface area contributed by atoms with Crippen LogP contribution in [-0.4, -0.2) is 46.1 Å². The maximum atomic E-state index is 11.9. The molecule has 0 radical (unpaired) electrons. The number of nitro benzene ring substituents is 1. The molecule has 1 heterocycles. The molecular formula is C14H16N2O5. The Bertz CT molecular complexity index is 561. The van der Waals surface area contributed by atoms with Crippen LogP contribution < -0.4 is 4.74 Å². The lowest BCUT2D eigenvalue weighted by molar-refractivity contribution is -0.384. The van der Waals surface area contributed by atoms with E-state index >= 15 is 0 Å². The van der Waals surface area contributed by atoms with Crippen LogP contribution >= 0.6 is 0 Å². The molecule has 1 amide bonds. The molecule has 0 bridgehead atoms. The summed E-state index contributed by atoms with van der Waals surface area (Å²) in [5, 5.41) is 20.7. The van der Waals surface area contributed by atoms with Gasteiger partial charge in [-0.1, -0.05) is 0 Å². The van der Waals surface area contributed by atoms with Crippen molar-refractivity contribution >= 4 is 11.6 Å². The zero-order valence-electron chi connectivity index (χ0n) is 11.4. The minimum atomic E-state index is -0.691. The number of hydrogen-bond acceptors (Lipinski definition) is 5. The van der Waals surface area contributed by atoms with Crippen molar-refractivity contribution in [2.24, 2.45) is 5.92 Å². The maximum Gasteiger partial charge on any atom is 0.269 e. The quantitative estimate of drug-likeness (QED) is 0.644. The molecule has 0 atom stereocenters. The molecule has 3 rings (SSSR count). The van der Waals surface area contributed by atoms with Crippen LogP contribution in [0.4, 0.5) is 5.69 Å². The molecule has 0 aromatic heterocycles. The summed E-state index contributed by atoms with van der Waals surface area (Å²) in [6.07, 6.45) is 2.08. The Morgan fingerprint density at radius 3 is 2.52 bits per heavy atom. The zero-order chi connectivity index (χ0) is 15.0. The highest BCUT2D eigenvalue weighted by Crippen LogP contribution is 2.44. The fourth-order valence-corrected chi connectivity index (χ4v) is 2.57. The second-order valence-corrected chi connectivity index (χ2v) is 5.67. The molecule has 2 fully saturated rings. The molecule has 1 saturated heterocycles. The Morgan fingerprint density at radius 1 is 1.38 bits per heavy atom. The van der Waals surface area contributed by atoms with Gasteiger partial charge in [-0.2, -0.15) is 0 Å². The SMILES string of the molecule is O=C(COc1ccc([N+](=O)[O-])cc1)N1CC(O)(C2CC2)C1. The highest BCUT2D eigenvalue weighted by atomic mass is 16.6. The van der Waals surface area contributed by atoms with Gasteiger partial charge in [-0.25, -0.2) is 0 Å². The average Bonchev–Trinajstić information content (AvgIpc) is 3.26. The molecule has 0 spiro atoms. The first-order valence-corrected chi connectivity index (χ1v) is 6.85. The number of carbonyl (C=O) groups is 1. The Hall–Kier alpha value is -2.15. The standard InChI is InChI=1S/C14H16N2O5/c17-13(15-8-14(18,9-15)10-1-2-10)7-21-12-5-3-11(4-6-12)16(19)20/h3-6,10,18H,1-2,7-9H2. The molecule has 1 N–H and O–H groups in total. The fourth-order valence-electron chi connectivity index (χ4n) is 2.57. The van der Waals surface area contributed by atoms with Crippen LogP contribution in [0.25, 0.3) is 0 Å². The molecule has 112 valence electrons. The second-order valence-electron chi connectivity index (χ2n) is 5.67. The lowest BCUT2D eigenvalue weighted by atomic mass is 9.89. The van der Waals surface area contributed by atoms with E-state index in [2.05, 4.69) is 0 Å². The first kappa shape index (κ1) is 13.8. The number of nitrogens with zero attached hydrogens (tertiary/aromatic N) is 2. The van der Waals surface area contributed by atoms with Gasteiger partial charge in [-0.3, -0.25) is 14.9 Å². The van der Waals surface area contributed by atoms with E-state index in [0.29, 0.717) is 24.8 Å². The van der Waals surface area contributed by atoms with Crippen LogP contribution in [0.1, 0.15) is 12.8 Å². The second kappa shape index (κ2) is 5.00. The minimum Gasteiger partial charge on any atom is -0.484 e. The van der Waals surface area contributed by atoms with Gasteiger partial charge in [0.05, 0.1) is 18.0 Å². The van der Waals surface area contributed by atoms with Crippen molar-refractivity contribution in [1.29, 1.82) is 0 Å². The van der Waals surface area contributed by atoms with Crippen molar-refractivity contribution in [2.45, 2.75) is 18.4 Å². The fraction of sp³-hybridized carbons (Fsp3) is 0.500. The normalized spacial score (nSPS) is 19.8. The van der Waals surface area contributed by atoms with E-state index in [9.17, 15) is 20.0 Å².